The number of likely N-dealkylation sites (N-methyl/N-ethyl adjacent to an activating group) is 1. The number of aromatic nitrogens is 2. The van der Waals surface area contributed by atoms with E-state index in [0.29, 0.717) is 17.2 Å². The Hall–Kier alpha value is -1.44. The minimum atomic E-state index is 0.0910. The molecule has 1 aromatic rings. The van der Waals surface area contributed by atoms with Gasteiger partial charge in [-0.05, 0) is 44.7 Å². The highest BCUT2D eigenvalue weighted by atomic mass is 16.5. The van der Waals surface area contributed by atoms with E-state index < -0.39 is 0 Å². The van der Waals surface area contributed by atoms with Crippen LogP contribution in [0.25, 0.3) is 0 Å². The lowest BCUT2D eigenvalue weighted by Gasteiger charge is -2.39. The van der Waals surface area contributed by atoms with Crippen molar-refractivity contribution in [2.24, 2.45) is 5.41 Å². The van der Waals surface area contributed by atoms with Crippen molar-refractivity contribution >= 4 is 5.91 Å². The zero-order valence-electron chi connectivity index (χ0n) is 16.8. The van der Waals surface area contributed by atoms with Crippen molar-refractivity contribution in [1.29, 1.82) is 0 Å². The van der Waals surface area contributed by atoms with Crippen molar-refractivity contribution in [2.45, 2.75) is 38.8 Å². The third kappa shape index (κ3) is 4.05. The van der Waals surface area contributed by atoms with Gasteiger partial charge in [0.2, 0.25) is 0 Å². The van der Waals surface area contributed by atoms with Gasteiger partial charge in [0.25, 0.3) is 5.91 Å². The largest absolute Gasteiger partial charge is 0.379 e. The maximum Gasteiger partial charge on any atom is 0.274 e. The van der Waals surface area contributed by atoms with Crippen molar-refractivity contribution in [3.8, 4) is 0 Å². The van der Waals surface area contributed by atoms with E-state index in [2.05, 4.69) is 21.9 Å². The highest BCUT2D eigenvalue weighted by molar-refractivity contribution is 5.92. The summed E-state index contributed by atoms with van der Waals surface area (Å²) in [7, 11) is 2.27. The Morgan fingerprint density at radius 2 is 2.00 bits per heavy atom. The topological polar surface area (TPSA) is 53.8 Å². The molecule has 1 atom stereocenters. The number of carbonyl (C=O) groups is 1. The van der Waals surface area contributed by atoms with E-state index in [4.69, 9.17) is 4.74 Å². The predicted molar refractivity (Wildman–Crippen MR) is 104 cm³/mol. The van der Waals surface area contributed by atoms with Gasteiger partial charge in [-0.2, -0.15) is 5.10 Å². The number of aryl methyl sites for hydroxylation is 1. The predicted octanol–water partition coefficient (Wildman–Crippen LogP) is 1.16. The Morgan fingerprint density at radius 1 is 1.26 bits per heavy atom. The molecule has 1 aromatic heterocycles. The Kier molecular flexibility index (Phi) is 5.53. The van der Waals surface area contributed by atoms with E-state index in [1.165, 1.54) is 6.42 Å². The lowest BCUT2D eigenvalue weighted by Crippen LogP contribution is -2.44. The molecule has 1 spiro atoms. The molecule has 4 heterocycles. The zero-order valence-corrected chi connectivity index (χ0v) is 16.8. The number of nitrogens with zero attached hydrogens (tertiary/aromatic N) is 5. The van der Waals surface area contributed by atoms with Crippen LogP contribution in [0.2, 0.25) is 0 Å². The Bertz CT molecular complexity index is 647. The minimum absolute atomic E-state index is 0.0910. The number of piperidine rings is 1. The molecule has 0 saturated carbocycles. The van der Waals surface area contributed by atoms with Crippen molar-refractivity contribution in [1.82, 2.24) is 24.5 Å². The summed E-state index contributed by atoms with van der Waals surface area (Å²) in [4.78, 5) is 19.8. The van der Waals surface area contributed by atoms with Gasteiger partial charge in [0, 0.05) is 58.1 Å². The van der Waals surface area contributed by atoms with Gasteiger partial charge >= 0.3 is 0 Å². The number of hydrogen-bond donors (Lipinski definition) is 0. The molecule has 7 heteroatoms. The number of morpholine rings is 1. The first-order valence-corrected chi connectivity index (χ1v) is 10.4. The molecule has 7 nitrogen and oxygen atoms in total. The van der Waals surface area contributed by atoms with Crippen LogP contribution in [0.3, 0.4) is 0 Å². The van der Waals surface area contributed by atoms with Crippen molar-refractivity contribution in [3.05, 3.63) is 18.0 Å². The fraction of sp³-hybridized carbons (Fsp3) is 0.800. The van der Waals surface area contributed by atoms with Crippen LogP contribution >= 0.6 is 0 Å². The van der Waals surface area contributed by atoms with E-state index in [-0.39, 0.29) is 5.91 Å². The molecule has 0 aromatic carbocycles. The Morgan fingerprint density at radius 3 is 2.67 bits per heavy atom. The van der Waals surface area contributed by atoms with Crippen LogP contribution in [0.5, 0.6) is 0 Å². The first kappa shape index (κ1) is 18.9. The number of likely N-dealkylation sites (tertiary alicyclic amines) is 2. The molecule has 0 aliphatic carbocycles. The normalized spacial score (nSPS) is 26.7. The minimum Gasteiger partial charge on any atom is -0.379 e. The van der Waals surface area contributed by atoms with Crippen molar-refractivity contribution in [2.75, 3.05) is 59.5 Å². The maximum absolute atomic E-state index is 12.7. The summed E-state index contributed by atoms with van der Waals surface area (Å²) in [5.74, 6) is 0.0910. The molecule has 3 fully saturated rings. The average molecular weight is 376 g/mol. The monoisotopic (exact) mass is 375 g/mol. The molecule has 0 radical (unpaired) electrons. The fourth-order valence-corrected chi connectivity index (χ4v) is 5.02. The third-order valence-electron chi connectivity index (χ3n) is 6.74. The summed E-state index contributed by atoms with van der Waals surface area (Å²) in [5.41, 5.74) is 0.965. The highest BCUT2D eigenvalue weighted by Gasteiger charge is 2.45. The van der Waals surface area contributed by atoms with Crippen LogP contribution in [-0.4, -0.2) is 96.0 Å². The maximum atomic E-state index is 12.7. The standard InChI is InChI=1S/C20H33N5O2/c1-3-25-7-4-18(21-25)19(26)24-8-5-20(6-9-24)14-17(22(2)16-20)15-23-10-12-27-13-11-23/h4,7,17H,3,5-6,8-16H2,1-2H3. The number of rotatable bonds is 4. The lowest BCUT2D eigenvalue weighted by atomic mass is 9.76. The first-order chi connectivity index (χ1) is 13.1. The number of carbonyl (C=O) groups excluding carboxylic acids is 1. The summed E-state index contributed by atoms with van der Waals surface area (Å²) in [6.07, 6.45) is 5.36. The molecular weight excluding hydrogens is 342 g/mol. The molecule has 1 amide bonds. The summed E-state index contributed by atoms with van der Waals surface area (Å²) in [5, 5.41) is 4.38. The number of hydrogen-bond acceptors (Lipinski definition) is 5. The molecule has 27 heavy (non-hydrogen) atoms. The average Bonchev–Trinajstić information content (AvgIpc) is 3.28. The van der Waals surface area contributed by atoms with Crippen LogP contribution < -0.4 is 0 Å². The van der Waals surface area contributed by atoms with Crippen molar-refractivity contribution in [3.63, 3.8) is 0 Å². The van der Waals surface area contributed by atoms with Gasteiger partial charge < -0.3 is 14.5 Å². The molecule has 0 bridgehead atoms. The van der Waals surface area contributed by atoms with Crippen molar-refractivity contribution < 1.29 is 9.53 Å². The smallest absolute Gasteiger partial charge is 0.274 e. The van der Waals surface area contributed by atoms with E-state index >= 15 is 0 Å². The molecular formula is C20H33N5O2. The van der Waals surface area contributed by atoms with Gasteiger partial charge in [-0.1, -0.05) is 0 Å². The van der Waals surface area contributed by atoms with Gasteiger partial charge in [-0.25, -0.2) is 0 Å². The first-order valence-electron chi connectivity index (χ1n) is 10.4. The van der Waals surface area contributed by atoms with Crippen LogP contribution in [0.1, 0.15) is 36.7 Å². The number of amides is 1. The van der Waals surface area contributed by atoms with Gasteiger partial charge in [0.1, 0.15) is 5.69 Å². The van der Waals surface area contributed by atoms with Crippen LogP contribution in [-0.2, 0) is 11.3 Å². The summed E-state index contributed by atoms with van der Waals surface area (Å²) in [6.45, 7) is 10.7. The second kappa shape index (κ2) is 7.89. The van der Waals surface area contributed by atoms with E-state index in [1.54, 1.807) is 0 Å². The second-order valence-electron chi connectivity index (χ2n) is 8.53. The van der Waals surface area contributed by atoms with Gasteiger partial charge in [0.05, 0.1) is 13.2 Å². The molecule has 1 unspecified atom stereocenters. The van der Waals surface area contributed by atoms with E-state index in [0.717, 1.165) is 71.9 Å². The van der Waals surface area contributed by atoms with Gasteiger partial charge in [-0.15, -0.1) is 0 Å². The quantitative estimate of drug-likeness (QED) is 0.791. The van der Waals surface area contributed by atoms with Crippen LogP contribution in [0.4, 0.5) is 0 Å². The fourth-order valence-electron chi connectivity index (χ4n) is 5.02. The van der Waals surface area contributed by atoms with Crippen LogP contribution in [0.15, 0.2) is 12.3 Å². The highest BCUT2D eigenvalue weighted by Crippen LogP contribution is 2.43. The van der Waals surface area contributed by atoms with Gasteiger partial charge in [0.15, 0.2) is 0 Å². The molecule has 4 rings (SSSR count). The Labute approximate surface area is 162 Å². The molecule has 3 saturated heterocycles. The SMILES string of the molecule is CCn1ccc(C(=O)N2CCC3(CC2)CC(CN2CCOCC2)N(C)C3)n1. The molecule has 150 valence electrons. The second-order valence-corrected chi connectivity index (χ2v) is 8.53. The molecule has 3 aliphatic rings. The summed E-state index contributed by atoms with van der Waals surface area (Å²) < 4.78 is 7.30. The van der Waals surface area contributed by atoms with Crippen LogP contribution in [0, 0.1) is 5.41 Å². The summed E-state index contributed by atoms with van der Waals surface area (Å²) >= 11 is 0. The van der Waals surface area contributed by atoms with E-state index in [9.17, 15) is 4.79 Å². The van der Waals surface area contributed by atoms with Gasteiger partial charge in [-0.3, -0.25) is 14.4 Å². The lowest BCUT2D eigenvalue weighted by molar-refractivity contribution is 0.0283. The van der Waals surface area contributed by atoms with E-state index in [1.807, 2.05) is 28.8 Å². The molecule has 3 aliphatic heterocycles. The third-order valence-corrected chi connectivity index (χ3v) is 6.74. The molecule has 0 N–H and O–H groups in total. The zero-order chi connectivity index (χ0) is 18.9. The Balaban J connectivity index is 1.32. The summed E-state index contributed by atoms with van der Waals surface area (Å²) in [6, 6.07) is 2.48. The number of ether oxygens (including phenoxy) is 1.